The van der Waals surface area contributed by atoms with Gasteiger partial charge in [0.05, 0.1) is 18.1 Å². The Labute approximate surface area is 113 Å². The summed E-state index contributed by atoms with van der Waals surface area (Å²) in [6.45, 7) is 0. The molecule has 0 bridgehead atoms. The van der Waals surface area contributed by atoms with Crippen LogP contribution < -0.4 is 0 Å². The molecular weight excluding hydrogens is 270 g/mol. The largest absolute Gasteiger partial charge is 0.465 e. The fourth-order valence-electron chi connectivity index (χ4n) is 1.92. The van der Waals surface area contributed by atoms with E-state index in [1.807, 2.05) is 0 Å². The van der Waals surface area contributed by atoms with E-state index in [9.17, 15) is 24.8 Å². The Bertz CT molecular complexity index is 568. The van der Waals surface area contributed by atoms with Gasteiger partial charge >= 0.3 is 11.8 Å². The molecule has 8 nitrogen and oxygen atoms in total. The number of carbonyl (C=O) groups is 2. The number of benzene rings is 1. The van der Waals surface area contributed by atoms with Gasteiger partial charge in [0.25, 0.3) is 5.69 Å². The van der Waals surface area contributed by atoms with Crippen LogP contribution in [0.5, 0.6) is 0 Å². The Morgan fingerprint density at radius 1 is 1.50 bits per heavy atom. The number of hydrogen-bond donors (Lipinski definition) is 1. The summed E-state index contributed by atoms with van der Waals surface area (Å²) in [5.41, 5.74) is 0.338. The first kappa shape index (κ1) is 14.1. The molecular formula is C12H11NO7. The van der Waals surface area contributed by atoms with Gasteiger partial charge in [-0.3, -0.25) is 14.9 Å². The molecule has 1 fully saturated rings. The first-order valence-corrected chi connectivity index (χ1v) is 5.64. The van der Waals surface area contributed by atoms with E-state index in [0.29, 0.717) is 5.56 Å². The summed E-state index contributed by atoms with van der Waals surface area (Å²) in [4.78, 5) is 33.0. The number of methoxy groups -OCH3 is 1. The van der Waals surface area contributed by atoms with Gasteiger partial charge in [0.15, 0.2) is 0 Å². The second-order valence-corrected chi connectivity index (χ2v) is 4.22. The van der Waals surface area contributed by atoms with E-state index >= 15 is 0 Å². The molecule has 106 valence electrons. The molecule has 2 unspecified atom stereocenters. The first-order valence-electron chi connectivity index (χ1n) is 5.64. The highest BCUT2D eigenvalue weighted by Crippen LogP contribution is 2.36. The van der Waals surface area contributed by atoms with Crippen molar-refractivity contribution in [3.63, 3.8) is 0 Å². The van der Waals surface area contributed by atoms with Crippen molar-refractivity contribution >= 4 is 17.4 Å². The second kappa shape index (κ2) is 4.99. The van der Waals surface area contributed by atoms with Gasteiger partial charge in [-0.05, 0) is 17.7 Å². The number of nitro groups is 1. The van der Waals surface area contributed by atoms with Gasteiger partial charge in [0.2, 0.25) is 5.78 Å². The van der Waals surface area contributed by atoms with E-state index in [1.54, 1.807) is 0 Å². The molecule has 1 aromatic rings. The highest BCUT2D eigenvalue weighted by molar-refractivity contribution is 6.06. The molecule has 1 heterocycles. The standard InChI is InChI=1S/C12H11NO7/c1-19-11(15)12(16)10(14)6-9(20-12)7-2-4-8(5-3-7)13(17)18/h2-5,9,16H,6H2,1H3. The van der Waals surface area contributed by atoms with Crippen LogP contribution in [0.15, 0.2) is 24.3 Å². The maximum absolute atomic E-state index is 11.7. The van der Waals surface area contributed by atoms with Crippen molar-refractivity contribution in [2.45, 2.75) is 18.3 Å². The molecule has 0 amide bonds. The van der Waals surface area contributed by atoms with Crippen molar-refractivity contribution in [3.05, 3.63) is 39.9 Å². The van der Waals surface area contributed by atoms with Crippen LogP contribution in [0, 0.1) is 10.1 Å². The van der Waals surface area contributed by atoms with Crippen LogP contribution >= 0.6 is 0 Å². The van der Waals surface area contributed by atoms with E-state index in [-0.39, 0.29) is 12.1 Å². The summed E-state index contributed by atoms with van der Waals surface area (Å²) in [6.07, 6.45) is -1.07. The monoisotopic (exact) mass is 281 g/mol. The Morgan fingerprint density at radius 3 is 2.60 bits per heavy atom. The molecule has 0 radical (unpaired) electrons. The third kappa shape index (κ3) is 2.26. The number of non-ortho nitro benzene ring substituents is 1. The van der Waals surface area contributed by atoms with Crippen LogP contribution in [0.3, 0.4) is 0 Å². The van der Waals surface area contributed by atoms with Crippen LogP contribution in [-0.4, -0.2) is 34.7 Å². The van der Waals surface area contributed by atoms with Crippen LogP contribution in [0.25, 0.3) is 0 Å². The molecule has 2 rings (SSSR count). The minimum Gasteiger partial charge on any atom is -0.465 e. The lowest BCUT2D eigenvalue weighted by Crippen LogP contribution is -2.45. The number of carbonyl (C=O) groups excluding carboxylic acids is 2. The second-order valence-electron chi connectivity index (χ2n) is 4.22. The lowest BCUT2D eigenvalue weighted by molar-refractivity contribution is -0.384. The molecule has 0 saturated carbocycles. The molecule has 1 saturated heterocycles. The zero-order chi connectivity index (χ0) is 14.9. The Hall–Kier alpha value is -2.32. The van der Waals surface area contributed by atoms with Gasteiger partial charge in [-0.25, -0.2) is 4.79 Å². The fourth-order valence-corrected chi connectivity index (χ4v) is 1.92. The molecule has 0 spiro atoms. The number of ether oxygens (including phenoxy) is 2. The van der Waals surface area contributed by atoms with E-state index in [0.717, 1.165) is 7.11 Å². The summed E-state index contributed by atoms with van der Waals surface area (Å²) in [7, 11) is 1.02. The molecule has 1 aliphatic rings. The van der Waals surface area contributed by atoms with E-state index in [4.69, 9.17) is 4.74 Å². The lowest BCUT2D eigenvalue weighted by atomic mass is 10.0. The number of nitrogens with zero attached hydrogens (tertiary/aromatic N) is 1. The number of esters is 1. The fraction of sp³-hybridized carbons (Fsp3) is 0.333. The summed E-state index contributed by atoms with van der Waals surface area (Å²) in [6, 6.07) is 5.30. The van der Waals surface area contributed by atoms with Gasteiger partial charge in [0.1, 0.15) is 0 Å². The van der Waals surface area contributed by atoms with Crippen molar-refractivity contribution in [3.8, 4) is 0 Å². The smallest absolute Gasteiger partial charge is 0.374 e. The zero-order valence-corrected chi connectivity index (χ0v) is 10.4. The SMILES string of the molecule is COC(=O)C1(O)OC(c2ccc([N+](=O)[O-])cc2)CC1=O. The van der Waals surface area contributed by atoms with Crippen LogP contribution in [0.1, 0.15) is 18.1 Å². The van der Waals surface area contributed by atoms with E-state index in [2.05, 4.69) is 4.74 Å². The molecule has 1 N–H and O–H groups in total. The summed E-state index contributed by atoms with van der Waals surface area (Å²) in [5, 5.41) is 20.4. The average Bonchev–Trinajstić information content (AvgIpc) is 2.75. The minimum absolute atomic E-state index is 0.110. The average molecular weight is 281 g/mol. The third-order valence-corrected chi connectivity index (χ3v) is 3.00. The van der Waals surface area contributed by atoms with Crippen LogP contribution in [0.4, 0.5) is 5.69 Å². The van der Waals surface area contributed by atoms with Gasteiger partial charge in [-0.2, -0.15) is 0 Å². The Balaban J connectivity index is 2.22. The van der Waals surface area contributed by atoms with Crippen LogP contribution in [-0.2, 0) is 19.1 Å². The number of hydrogen-bond acceptors (Lipinski definition) is 7. The van der Waals surface area contributed by atoms with Gasteiger partial charge in [-0.1, -0.05) is 0 Å². The third-order valence-electron chi connectivity index (χ3n) is 3.00. The summed E-state index contributed by atoms with van der Waals surface area (Å²) < 4.78 is 9.38. The number of rotatable bonds is 3. The Kier molecular flexibility index (Phi) is 3.51. The van der Waals surface area contributed by atoms with Crippen LogP contribution in [0.2, 0.25) is 0 Å². The number of aliphatic hydroxyl groups is 1. The van der Waals surface area contributed by atoms with Gasteiger partial charge in [0, 0.05) is 18.6 Å². The predicted octanol–water partition coefficient (Wildman–Crippen LogP) is 0.487. The molecule has 20 heavy (non-hydrogen) atoms. The first-order chi connectivity index (χ1) is 9.38. The Morgan fingerprint density at radius 2 is 2.10 bits per heavy atom. The topological polar surface area (TPSA) is 116 Å². The molecule has 0 aliphatic carbocycles. The molecule has 1 aromatic carbocycles. The number of nitro benzene ring substituents is 1. The molecule has 2 atom stereocenters. The number of ketones is 1. The normalized spacial score (nSPS) is 25.5. The lowest BCUT2D eigenvalue weighted by Gasteiger charge is -2.18. The summed E-state index contributed by atoms with van der Waals surface area (Å²) in [5.74, 6) is -4.61. The minimum atomic E-state index is -2.61. The van der Waals surface area contributed by atoms with Crippen molar-refractivity contribution in [1.29, 1.82) is 0 Å². The van der Waals surface area contributed by atoms with E-state index < -0.39 is 28.6 Å². The molecule has 1 aliphatic heterocycles. The van der Waals surface area contributed by atoms with Gasteiger partial charge < -0.3 is 14.6 Å². The summed E-state index contributed by atoms with van der Waals surface area (Å²) >= 11 is 0. The quantitative estimate of drug-likeness (QED) is 0.371. The highest BCUT2D eigenvalue weighted by atomic mass is 16.7. The maximum atomic E-state index is 11.7. The number of Topliss-reactive ketones (excluding diaryl/α,β-unsaturated/α-hetero) is 1. The van der Waals surface area contributed by atoms with Crippen molar-refractivity contribution < 1.29 is 29.1 Å². The maximum Gasteiger partial charge on any atom is 0.374 e. The van der Waals surface area contributed by atoms with Crippen molar-refractivity contribution in [1.82, 2.24) is 0 Å². The van der Waals surface area contributed by atoms with E-state index in [1.165, 1.54) is 24.3 Å². The highest BCUT2D eigenvalue weighted by Gasteiger charge is 2.54. The molecule has 0 aromatic heterocycles. The zero-order valence-electron chi connectivity index (χ0n) is 10.4. The van der Waals surface area contributed by atoms with Crippen molar-refractivity contribution in [2.75, 3.05) is 7.11 Å². The predicted molar refractivity (Wildman–Crippen MR) is 63.5 cm³/mol. The molecule has 8 heteroatoms. The van der Waals surface area contributed by atoms with Crippen molar-refractivity contribution in [2.24, 2.45) is 0 Å². The van der Waals surface area contributed by atoms with Gasteiger partial charge in [-0.15, -0.1) is 0 Å².